The van der Waals surface area contributed by atoms with Crippen LogP contribution in [0.15, 0.2) is 36.7 Å². The Kier molecular flexibility index (Phi) is 1.66. The Morgan fingerprint density at radius 1 is 1.07 bits per heavy atom. The lowest BCUT2D eigenvalue weighted by atomic mass is 10.2. The molecule has 0 N–H and O–H groups in total. The number of hydrogen-bond donors (Lipinski definition) is 0. The third kappa shape index (κ3) is 1.05. The molecule has 3 rings (SSSR count). The quantitative estimate of drug-likeness (QED) is 0.568. The zero-order chi connectivity index (χ0) is 10.4. The van der Waals surface area contributed by atoms with Crippen LogP contribution in [-0.2, 0) is 13.6 Å². The summed E-state index contributed by atoms with van der Waals surface area (Å²) in [5.74, 6) is 0. The summed E-state index contributed by atoms with van der Waals surface area (Å²) in [4.78, 5) is 0. The maximum absolute atomic E-state index is 2.30. The summed E-state index contributed by atoms with van der Waals surface area (Å²) in [6, 6.07) is 8.77. The molecule has 0 saturated heterocycles. The number of hydrogen-bond acceptors (Lipinski definition) is 0. The topological polar surface area (TPSA) is 9.86 Å². The van der Waals surface area contributed by atoms with Gasteiger partial charge in [0.15, 0.2) is 0 Å². The molecule has 2 nitrogen and oxygen atoms in total. The van der Waals surface area contributed by atoms with Crippen molar-refractivity contribution in [2.24, 2.45) is 7.05 Å². The highest BCUT2D eigenvalue weighted by Crippen LogP contribution is 2.26. The van der Waals surface area contributed by atoms with Gasteiger partial charge in [0.1, 0.15) is 0 Å². The summed E-state index contributed by atoms with van der Waals surface area (Å²) in [5.41, 5.74) is 2.66. The molecule has 0 atom stereocenters. The van der Waals surface area contributed by atoms with Crippen LogP contribution in [0, 0.1) is 0 Å². The second-order valence-corrected chi connectivity index (χ2v) is 3.96. The molecule has 0 saturated carbocycles. The van der Waals surface area contributed by atoms with Gasteiger partial charge in [-0.05, 0) is 25.1 Å². The average molecular weight is 198 g/mol. The van der Waals surface area contributed by atoms with E-state index >= 15 is 0 Å². The molecular weight excluding hydrogens is 184 g/mol. The van der Waals surface area contributed by atoms with Crippen LogP contribution in [0.5, 0.6) is 0 Å². The molecule has 0 aliphatic carbocycles. The number of benzene rings is 1. The Morgan fingerprint density at radius 2 is 1.93 bits per heavy atom. The van der Waals surface area contributed by atoms with Crippen LogP contribution in [0.2, 0.25) is 0 Å². The normalized spacial score (nSPS) is 11.6. The van der Waals surface area contributed by atoms with Crippen LogP contribution in [0.4, 0.5) is 0 Å². The summed E-state index contributed by atoms with van der Waals surface area (Å²) >= 11 is 0. The summed E-state index contributed by atoms with van der Waals surface area (Å²) < 4.78 is 4.47. The molecule has 0 unspecified atom stereocenters. The fourth-order valence-corrected chi connectivity index (χ4v) is 2.32. The molecule has 0 fully saturated rings. The molecule has 2 heteroatoms. The largest absolute Gasteiger partial charge is 0.350 e. The number of fused-ring (bicyclic) bond motifs is 3. The van der Waals surface area contributed by atoms with Crippen LogP contribution < -0.4 is 0 Å². The number of nitrogens with zero attached hydrogens (tertiary/aromatic N) is 2. The monoisotopic (exact) mass is 198 g/mol. The molecule has 2 aromatic heterocycles. The zero-order valence-corrected chi connectivity index (χ0v) is 9.07. The summed E-state index contributed by atoms with van der Waals surface area (Å²) in [5, 5.41) is 2.68. The van der Waals surface area contributed by atoms with E-state index in [1.165, 1.54) is 21.8 Å². The molecular formula is C13H14N2. The van der Waals surface area contributed by atoms with Gasteiger partial charge in [0, 0.05) is 42.3 Å². The molecule has 0 aliphatic heterocycles. The van der Waals surface area contributed by atoms with Crippen LogP contribution in [-0.4, -0.2) is 9.13 Å². The number of rotatable bonds is 1. The van der Waals surface area contributed by atoms with E-state index in [2.05, 4.69) is 59.8 Å². The molecule has 0 radical (unpaired) electrons. The van der Waals surface area contributed by atoms with Crippen molar-refractivity contribution in [3.8, 4) is 0 Å². The molecule has 0 spiro atoms. The van der Waals surface area contributed by atoms with Crippen molar-refractivity contribution in [2.45, 2.75) is 13.5 Å². The van der Waals surface area contributed by atoms with Gasteiger partial charge in [-0.2, -0.15) is 0 Å². The van der Waals surface area contributed by atoms with E-state index in [-0.39, 0.29) is 0 Å². The molecule has 0 amide bonds. The van der Waals surface area contributed by atoms with Crippen LogP contribution >= 0.6 is 0 Å². The second kappa shape index (κ2) is 2.89. The Morgan fingerprint density at radius 3 is 2.73 bits per heavy atom. The molecule has 2 heterocycles. The van der Waals surface area contributed by atoms with E-state index in [1.54, 1.807) is 0 Å². The fraction of sp³-hybridized carbons (Fsp3) is 0.231. The van der Waals surface area contributed by atoms with Crippen molar-refractivity contribution >= 4 is 21.8 Å². The lowest BCUT2D eigenvalue weighted by Crippen LogP contribution is -1.91. The van der Waals surface area contributed by atoms with Gasteiger partial charge in [0.25, 0.3) is 0 Å². The maximum atomic E-state index is 2.30. The Hall–Kier alpha value is -1.70. The van der Waals surface area contributed by atoms with E-state index in [1.807, 2.05) is 0 Å². The lowest BCUT2D eigenvalue weighted by molar-refractivity contribution is 0.800. The molecule has 15 heavy (non-hydrogen) atoms. The highest BCUT2D eigenvalue weighted by Gasteiger charge is 2.06. The van der Waals surface area contributed by atoms with Crippen LogP contribution in [0.3, 0.4) is 0 Å². The van der Waals surface area contributed by atoms with Gasteiger partial charge >= 0.3 is 0 Å². The zero-order valence-electron chi connectivity index (χ0n) is 9.07. The first-order valence-corrected chi connectivity index (χ1v) is 5.34. The standard InChI is InChI=1S/C13H14N2/c1-3-15-9-6-10-4-5-12-11(13(10)15)7-8-14(12)2/h4-9H,3H2,1-2H3. The molecule has 1 aromatic carbocycles. The predicted molar refractivity (Wildman–Crippen MR) is 64.1 cm³/mol. The number of aryl methyl sites for hydroxylation is 2. The van der Waals surface area contributed by atoms with Gasteiger partial charge in [0.2, 0.25) is 0 Å². The van der Waals surface area contributed by atoms with Gasteiger partial charge in [-0.15, -0.1) is 0 Å². The second-order valence-electron chi connectivity index (χ2n) is 3.96. The minimum Gasteiger partial charge on any atom is -0.350 e. The molecule has 0 aliphatic rings. The minimum absolute atomic E-state index is 1.03. The van der Waals surface area contributed by atoms with Crippen molar-refractivity contribution in [1.82, 2.24) is 9.13 Å². The highest BCUT2D eigenvalue weighted by molar-refractivity contribution is 6.05. The fourth-order valence-electron chi connectivity index (χ4n) is 2.32. The van der Waals surface area contributed by atoms with Gasteiger partial charge in [0.05, 0.1) is 5.52 Å². The van der Waals surface area contributed by atoms with Crippen molar-refractivity contribution in [2.75, 3.05) is 0 Å². The molecule has 76 valence electrons. The van der Waals surface area contributed by atoms with E-state index in [4.69, 9.17) is 0 Å². The van der Waals surface area contributed by atoms with Crippen molar-refractivity contribution in [3.63, 3.8) is 0 Å². The SMILES string of the molecule is CCn1ccc2ccc3c(ccn3C)c21. The Balaban J connectivity index is 2.56. The van der Waals surface area contributed by atoms with Crippen molar-refractivity contribution in [1.29, 1.82) is 0 Å². The molecule has 3 aromatic rings. The first-order valence-electron chi connectivity index (χ1n) is 5.34. The average Bonchev–Trinajstić information content (AvgIpc) is 2.81. The van der Waals surface area contributed by atoms with E-state index in [0.717, 1.165) is 6.54 Å². The number of aromatic nitrogens is 2. The highest BCUT2D eigenvalue weighted by atomic mass is 15.0. The first kappa shape index (κ1) is 8.60. The summed E-state index contributed by atoms with van der Waals surface area (Å²) in [6.45, 7) is 3.21. The van der Waals surface area contributed by atoms with Gasteiger partial charge in [-0.25, -0.2) is 0 Å². The van der Waals surface area contributed by atoms with Gasteiger partial charge in [-0.3, -0.25) is 0 Å². The minimum atomic E-state index is 1.03. The molecule has 0 bridgehead atoms. The third-order valence-electron chi connectivity index (χ3n) is 3.13. The van der Waals surface area contributed by atoms with E-state index < -0.39 is 0 Å². The van der Waals surface area contributed by atoms with Gasteiger partial charge in [-0.1, -0.05) is 6.07 Å². The lowest BCUT2D eigenvalue weighted by Gasteiger charge is -2.03. The van der Waals surface area contributed by atoms with Crippen molar-refractivity contribution < 1.29 is 0 Å². The van der Waals surface area contributed by atoms with Gasteiger partial charge < -0.3 is 9.13 Å². The van der Waals surface area contributed by atoms with E-state index in [0.29, 0.717) is 0 Å². The Bertz CT molecular complexity index is 628. The third-order valence-corrected chi connectivity index (χ3v) is 3.13. The maximum Gasteiger partial charge on any atom is 0.0575 e. The van der Waals surface area contributed by atoms with Crippen LogP contribution in [0.25, 0.3) is 21.8 Å². The summed E-state index contributed by atoms with van der Waals surface area (Å²) in [7, 11) is 2.09. The Labute approximate surface area is 88.7 Å². The van der Waals surface area contributed by atoms with E-state index in [9.17, 15) is 0 Å². The summed E-state index contributed by atoms with van der Waals surface area (Å²) in [6.07, 6.45) is 4.29. The smallest absolute Gasteiger partial charge is 0.0575 e. The predicted octanol–water partition coefficient (Wildman–Crippen LogP) is 3.15. The van der Waals surface area contributed by atoms with Crippen LogP contribution in [0.1, 0.15) is 6.92 Å². The van der Waals surface area contributed by atoms with Crippen molar-refractivity contribution in [3.05, 3.63) is 36.7 Å². The first-order chi connectivity index (χ1) is 7.31.